The summed E-state index contributed by atoms with van der Waals surface area (Å²) in [6.45, 7) is 1.74. The Morgan fingerprint density at radius 2 is 2.17 bits per heavy atom. The molecule has 0 unspecified atom stereocenters. The number of aliphatic hydroxyl groups excluding tert-OH is 1. The number of hydrogen-bond acceptors (Lipinski definition) is 3. The van der Waals surface area contributed by atoms with Crippen molar-refractivity contribution in [3.05, 3.63) is 28.3 Å². The number of carbonyl (C=O) groups is 1. The Kier molecular flexibility index (Phi) is 3.64. The number of aliphatic hydroxyl groups is 1. The van der Waals surface area contributed by atoms with Crippen LogP contribution in [0.1, 0.15) is 35.2 Å². The van der Waals surface area contributed by atoms with E-state index in [1.165, 1.54) is 0 Å². The topological polar surface area (TPSA) is 46.5 Å². The molecule has 18 heavy (non-hydrogen) atoms. The van der Waals surface area contributed by atoms with Crippen LogP contribution in [-0.2, 0) is 0 Å². The molecule has 0 atom stereocenters. The largest absolute Gasteiger partial charge is 0.496 e. The van der Waals surface area contributed by atoms with Crippen LogP contribution in [0.15, 0.2) is 12.1 Å². The summed E-state index contributed by atoms with van der Waals surface area (Å²) in [5.41, 5.74) is 0.696. The first-order valence-electron chi connectivity index (χ1n) is 6.04. The summed E-state index contributed by atoms with van der Waals surface area (Å²) in [5, 5.41) is 9.99. The highest BCUT2D eigenvalue weighted by molar-refractivity contribution is 6.31. The van der Waals surface area contributed by atoms with Crippen molar-refractivity contribution in [3.8, 4) is 5.75 Å². The van der Waals surface area contributed by atoms with Crippen LogP contribution >= 0.6 is 11.6 Å². The average molecular weight is 269 g/mol. The number of Topliss-reactive ketones (excluding diaryl/α,β-unsaturated/α-hetero) is 1. The van der Waals surface area contributed by atoms with Gasteiger partial charge >= 0.3 is 0 Å². The Hall–Kier alpha value is -1.06. The third-order valence-corrected chi connectivity index (χ3v) is 4.00. The molecular formula is C14H17ClO3. The minimum absolute atomic E-state index is 0.0568. The van der Waals surface area contributed by atoms with Crippen molar-refractivity contribution < 1.29 is 14.6 Å². The third-order valence-electron chi connectivity index (χ3n) is 3.78. The lowest BCUT2D eigenvalue weighted by molar-refractivity contribution is 0.0345. The molecule has 3 nitrogen and oxygen atoms in total. The van der Waals surface area contributed by atoms with Crippen LogP contribution in [0.3, 0.4) is 0 Å². The van der Waals surface area contributed by atoms with E-state index in [4.69, 9.17) is 16.3 Å². The second kappa shape index (κ2) is 4.90. The first kappa shape index (κ1) is 13.4. The van der Waals surface area contributed by atoms with E-state index in [1.807, 2.05) is 6.92 Å². The molecule has 1 aliphatic rings. The smallest absolute Gasteiger partial charge is 0.175 e. The molecule has 0 saturated heterocycles. The van der Waals surface area contributed by atoms with Gasteiger partial charge in [-0.2, -0.15) is 0 Å². The van der Waals surface area contributed by atoms with Gasteiger partial charge < -0.3 is 9.84 Å². The summed E-state index contributed by atoms with van der Waals surface area (Å²) in [6.07, 6.45) is 2.45. The molecule has 0 bridgehead atoms. The highest BCUT2D eigenvalue weighted by atomic mass is 35.5. The normalized spacial score (nSPS) is 17.1. The number of aryl methyl sites for hydroxylation is 1. The summed E-state index contributed by atoms with van der Waals surface area (Å²) in [7, 11) is 1.54. The number of halogens is 1. The first-order chi connectivity index (χ1) is 8.54. The highest BCUT2D eigenvalue weighted by Crippen LogP contribution is 2.45. The molecule has 1 fully saturated rings. The number of rotatable bonds is 4. The molecule has 0 spiro atoms. The van der Waals surface area contributed by atoms with Crippen LogP contribution in [0.2, 0.25) is 5.02 Å². The zero-order valence-corrected chi connectivity index (χ0v) is 11.4. The van der Waals surface area contributed by atoms with Crippen molar-refractivity contribution in [2.75, 3.05) is 13.7 Å². The second-order valence-electron chi connectivity index (χ2n) is 4.92. The maximum atomic E-state index is 12.6. The van der Waals surface area contributed by atoms with Crippen LogP contribution < -0.4 is 4.74 Å². The van der Waals surface area contributed by atoms with E-state index in [2.05, 4.69) is 0 Å². The number of hydrogen-bond donors (Lipinski definition) is 1. The summed E-state index contributed by atoms with van der Waals surface area (Å²) < 4.78 is 5.30. The Morgan fingerprint density at radius 3 is 2.61 bits per heavy atom. The zero-order chi connectivity index (χ0) is 13.3. The van der Waals surface area contributed by atoms with Crippen LogP contribution in [0, 0.1) is 12.3 Å². The molecule has 4 heteroatoms. The molecular weight excluding hydrogens is 252 g/mol. The Morgan fingerprint density at radius 1 is 1.50 bits per heavy atom. The lowest BCUT2D eigenvalue weighted by Crippen LogP contribution is -2.41. The maximum Gasteiger partial charge on any atom is 0.175 e. The predicted octanol–water partition coefficient (Wildman–Crippen LogP) is 3.00. The van der Waals surface area contributed by atoms with Gasteiger partial charge in [-0.3, -0.25) is 4.79 Å². The van der Waals surface area contributed by atoms with Crippen LogP contribution in [0.4, 0.5) is 0 Å². The van der Waals surface area contributed by atoms with Crippen molar-refractivity contribution in [2.45, 2.75) is 26.2 Å². The fourth-order valence-corrected chi connectivity index (χ4v) is 2.79. The SMILES string of the molecule is COc1c(C)cc(Cl)cc1C(=O)C1(CO)CCC1. The van der Waals surface area contributed by atoms with Gasteiger partial charge in [0.05, 0.1) is 24.7 Å². The molecule has 0 aliphatic heterocycles. The van der Waals surface area contributed by atoms with Crippen molar-refractivity contribution >= 4 is 17.4 Å². The van der Waals surface area contributed by atoms with Gasteiger partial charge in [0.15, 0.2) is 5.78 Å². The summed E-state index contributed by atoms with van der Waals surface area (Å²) in [4.78, 5) is 12.6. The maximum absolute atomic E-state index is 12.6. The molecule has 1 aliphatic carbocycles. The monoisotopic (exact) mass is 268 g/mol. The minimum atomic E-state index is -0.621. The fourth-order valence-electron chi connectivity index (χ4n) is 2.52. The summed E-state index contributed by atoms with van der Waals surface area (Å²) in [6, 6.07) is 3.40. The zero-order valence-electron chi connectivity index (χ0n) is 10.6. The predicted molar refractivity (Wildman–Crippen MR) is 70.4 cm³/mol. The van der Waals surface area contributed by atoms with Crippen molar-refractivity contribution in [1.29, 1.82) is 0 Å². The lowest BCUT2D eigenvalue weighted by atomic mass is 9.65. The van der Waals surface area contributed by atoms with Crippen molar-refractivity contribution in [3.63, 3.8) is 0 Å². The molecule has 0 radical (unpaired) electrons. The number of ketones is 1. The number of carbonyl (C=O) groups excluding carboxylic acids is 1. The summed E-state index contributed by atoms with van der Waals surface area (Å²) in [5.74, 6) is 0.503. The minimum Gasteiger partial charge on any atom is -0.496 e. The van der Waals surface area contributed by atoms with Crippen molar-refractivity contribution in [1.82, 2.24) is 0 Å². The Bertz CT molecular complexity index is 473. The van der Waals surface area contributed by atoms with E-state index in [0.29, 0.717) is 16.3 Å². The molecule has 1 aromatic rings. The van der Waals surface area contributed by atoms with E-state index in [-0.39, 0.29) is 12.4 Å². The number of methoxy groups -OCH3 is 1. The molecule has 1 saturated carbocycles. The Labute approximate surface area is 112 Å². The van der Waals surface area contributed by atoms with Gasteiger partial charge in [0.25, 0.3) is 0 Å². The molecule has 98 valence electrons. The molecule has 0 heterocycles. The van der Waals surface area contributed by atoms with Crippen LogP contribution in [0.5, 0.6) is 5.75 Å². The fraction of sp³-hybridized carbons (Fsp3) is 0.500. The number of benzene rings is 1. The van der Waals surface area contributed by atoms with E-state index < -0.39 is 5.41 Å². The van der Waals surface area contributed by atoms with Crippen LogP contribution in [0.25, 0.3) is 0 Å². The van der Waals surface area contributed by atoms with Gasteiger partial charge in [-0.1, -0.05) is 18.0 Å². The van der Waals surface area contributed by atoms with Gasteiger partial charge in [0, 0.05) is 5.02 Å². The molecule has 1 N–H and O–H groups in total. The third kappa shape index (κ3) is 2.02. The molecule has 0 amide bonds. The summed E-state index contributed by atoms with van der Waals surface area (Å²) >= 11 is 6.01. The van der Waals surface area contributed by atoms with Crippen molar-refractivity contribution in [2.24, 2.45) is 5.41 Å². The van der Waals surface area contributed by atoms with E-state index >= 15 is 0 Å². The Balaban J connectivity index is 2.47. The van der Waals surface area contributed by atoms with E-state index in [1.54, 1.807) is 19.2 Å². The van der Waals surface area contributed by atoms with E-state index in [9.17, 15) is 9.90 Å². The number of ether oxygens (including phenoxy) is 1. The van der Waals surface area contributed by atoms with Gasteiger partial charge in [0.1, 0.15) is 5.75 Å². The highest BCUT2D eigenvalue weighted by Gasteiger charge is 2.44. The lowest BCUT2D eigenvalue weighted by Gasteiger charge is -2.39. The van der Waals surface area contributed by atoms with Gasteiger partial charge in [-0.15, -0.1) is 0 Å². The van der Waals surface area contributed by atoms with Gasteiger partial charge in [-0.25, -0.2) is 0 Å². The molecule has 0 aromatic heterocycles. The van der Waals surface area contributed by atoms with E-state index in [0.717, 1.165) is 24.8 Å². The standard InChI is InChI=1S/C14H17ClO3/c1-9-6-10(15)7-11(12(9)18-2)13(17)14(8-16)4-3-5-14/h6-7,16H,3-5,8H2,1-2H3. The first-order valence-corrected chi connectivity index (χ1v) is 6.42. The average Bonchev–Trinajstić information content (AvgIpc) is 2.27. The van der Waals surface area contributed by atoms with Gasteiger partial charge in [0.2, 0.25) is 0 Å². The van der Waals surface area contributed by atoms with Gasteiger partial charge in [-0.05, 0) is 37.5 Å². The quantitative estimate of drug-likeness (QED) is 0.854. The molecule has 1 aromatic carbocycles. The second-order valence-corrected chi connectivity index (χ2v) is 5.36. The molecule has 2 rings (SSSR count). The van der Waals surface area contributed by atoms with Crippen LogP contribution in [-0.4, -0.2) is 24.6 Å².